The van der Waals surface area contributed by atoms with Gasteiger partial charge in [-0.25, -0.2) is 0 Å². The second-order valence-corrected chi connectivity index (χ2v) is 3.91. The molecule has 2 N–H and O–H groups in total. The second-order valence-electron chi connectivity index (χ2n) is 3.91. The topological polar surface area (TPSA) is 81.5 Å². The average molecular weight is 208 g/mol. The van der Waals surface area contributed by atoms with Gasteiger partial charge in [0.15, 0.2) is 0 Å². The summed E-state index contributed by atoms with van der Waals surface area (Å²) in [4.78, 5) is 24.4. The van der Waals surface area contributed by atoms with Crippen molar-refractivity contribution in [2.75, 3.05) is 0 Å². The smallest absolute Gasteiger partial charge is 0.265 e. The third kappa shape index (κ3) is 1.19. The Balaban J connectivity index is 2.49. The van der Waals surface area contributed by atoms with Crippen LogP contribution in [0.15, 0.2) is 11.3 Å². The summed E-state index contributed by atoms with van der Waals surface area (Å²) >= 11 is 0. The summed E-state index contributed by atoms with van der Waals surface area (Å²) in [5.41, 5.74) is -0.0611. The first-order valence-corrected chi connectivity index (χ1v) is 4.88. The van der Waals surface area contributed by atoms with Gasteiger partial charge in [0.25, 0.3) is 5.91 Å². The molecule has 2 unspecified atom stereocenters. The zero-order valence-electron chi connectivity index (χ0n) is 8.36. The number of hydrogen-bond acceptors (Lipinski definition) is 4. The SMILES string of the molecule is CC1C(O)=C(C=N)C(=O)N2C(=O)CCC12. The van der Waals surface area contributed by atoms with Gasteiger partial charge < -0.3 is 10.5 Å². The van der Waals surface area contributed by atoms with Crippen LogP contribution in [0.2, 0.25) is 0 Å². The fourth-order valence-corrected chi connectivity index (χ4v) is 2.25. The summed E-state index contributed by atoms with van der Waals surface area (Å²) in [6, 6.07) is -0.228. The molecule has 5 nitrogen and oxygen atoms in total. The number of aliphatic hydroxyl groups is 1. The van der Waals surface area contributed by atoms with Crippen molar-refractivity contribution in [2.24, 2.45) is 5.92 Å². The van der Waals surface area contributed by atoms with Crippen LogP contribution >= 0.6 is 0 Å². The van der Waals surface area contributed by atoms with E-state index in [9.17, 15) is 14.7 Å². The summed E-state index contributed by atoms with van der Waals surface area (Å²) in [6.45, 7) is 1.77. The summed E-state index contributed by atoms with van der Waals surface area (Å²) in [5, 5.41) is 16.8. The Hall–Kier alpha value is -1.65. The Morgan fingerprint density at radius 2 is 2.20 bits per heavy atom. The van der Waals surface area contributed by atoms with Crippen LogP contribution in [0.25, 0.3) is 0 Å². The van der Waals surface area contributed by atoms with Crippen LogP contribution in [0, 0.1) is 11.3 Å². The van der Waals surface area contributed by atoms with Crippen LogP contribution in [0.5, 0.6) is 0 Å². The first kappa shape index (κ1) is 9.89. The molecule has 0 aromatic rings. The first-order chi connectivity index (χ1) is 7.07. The summed E-state index contributed by atoms with van der Waals surface area (Å²) in [5.74, 6) is -1.06. The van der Waals surface area contributed by atoms with E-state index in [0.717, 1.165) is 6.21 Å². The maximum absolute atomic E-state index is 11.7. The van der Waals surface area contributed by atoms with Crippen molar-refractivity contribution in [3.05, 3.63) is 11.3 Å². The molecule has 2 heterocycles. The lowest BCUT2D eigenvalue weighted by atomic mass is 9.90. The van der Waals surface area contributed by atoms with E-state index in [2.05, 4.69) is 0 Å². The molecule has 2 aliphatic rings. The van der Waals surface area contributed by atoms with E-state index in [0.29, 0.717) is 12.8 Å². The van der Waals surface area contributed by atoms with Gasteiger partial charge in [0.1, 0.15) is 5.76 Å². The van der Waals surface area contributed by atoms with Crippen molar-refractivity contribution in [3.63, 3.8) is 0 Å². The van der Waals surface area contributed by atoms with Crippen LogP contribution in [-0.2, 0) is 9.59 Å². The number of carbonyl (C=O) groups is 2. The van der Waals surface area contributed by atoms with E-state index in [1.807, 2.05) is 0 Å². The Morgan fingerprint density at radius 3 is 2.80 bits per heavy atom. The largest absolute Gasteiger partial charge is 0.511 e. The normalized spacial score (nSPS) is 30.9. The zero-order chi connectivity index (χ0) is 11.2. The van der Waals surface area contributed by atoms with Crippen LogP contribution in [0.3, 0.4) is 0 Å². The number of imide groups is 1. The highest BCUT2D eigenvalue weighted by Gasteiger charge is 2.45. The molecule has 0 radical (unpaired) electrons. The third-order valence-electron chi connectivity index (χ3n) is 3.13. The fourth-order valence-electron chi connectivity index (χ4n) is 2.25. The van der Waals surface area contributed by atoms with E-state index in [1.165, 1.54) is 4.90 Å². The number of carbonyl (C=O) groups excluding carboxylic acids is 2. The predicted octanol–water partition coefficient (Wildman–Crippen LogP) is 0.615. The molecule has 15 heavy (non-hydrogen) atoms. The van der Waals surface area contributed by atoms with Gasteiger partial charge in [-0.05, 0) is 6.42 Å². The number of fused-ring (bicyclic) bond motifs is 1. The molecule has 0 bridgehead atoms. The van der Waals surface area contributed by atoms with Gasteiger partial charge in [-0.1, -0.05) is 6.92 Å². The van der Waals surface area contributed by atoms with Gasteiger partial charge in [-0.2, -0.15) is 0 Å². The molecule has 0 saturated carbocycles. The van der Waals surface area contributed by atoms with E-state index in [4.69, 9.17) is 5.41 Å². The minimum absolute atomic E-state index is 0.0611. The molecular formula is C10H12N2O3. The van der Waals surface area contributed by atoms with Crippen molar-refractivity contribution in [1.82, 2.24) is 4.90 Å². The molecule has 0 aromatic carbocycles. The van der Waals surface area contributed by atoms with Gasteiger partial charge >= 0.3 is 0 Å². The maximum atomic E-state index is 11.7. The number of nitrogens with zero attached hydrogens (tertiary/aromatic N) is 1. The Bertz CT molecular complexity index is 386. The highest BCUT2D eigenvalue weighted by Crippen LogP contribution is 2.34. The number of aliphatic hydroxyl groups excluding tert-OH is 1. The minimum Gasteiger partial charge on any atom is -0.511 e. The summed E-state index contributed by atoms with van der Waals surface area (Å²) < 4.78 is 0. The fraction of sp³-hybridized carbons (Fsp3) is 0.500. The van der Waals surface area contributed by atoms with Gasteiger partial charge in [0.05, 0.1) is 11.6 Å². The molecule has 2 atom stereocenters. The lowest BCUT2D eigenvalue weighted by Gasteiger charge is -2.33. The third-order valence-corrected chi connectivity index (χ3v) is 3.13. The van der Waals surface area contributed by atoms with E-state index >= 15 is 0 Å². The molecule has 0 aromatic heterocycles. The zero-order valence-corrected chi connectivity index (χ0v) is 8.36. The maximum Gasteiger partial charge on any atom is 0.265 e. The number of amides is 2. The molecule has 2 aliphatic heterocycles. The molecule has 1 saturated heterocycles. The highest BCUT2D eigenvalue weighted by molar-refractivity contribution is 6.17. The number of hydrogen-bond donors (Lipinski definition) is 2. The van der Waals surface area contributed by atoms with Crippen molar-refractivity contribution in [3.8, 4) is 0 Å². The molecule has 2 rings (SSSR count). The molecule has 5 heteroatoms. The van der Waals surface area contributed by atoms with Crippen LogP contribution in [0.4, 0.5) is 0 Å². The summed E-state index contributed by atoms with van der Waals surface area (Å²) in [7, 11) is 0. The minimum atomic E-state index is -0.534. The van der Waals surface area contributed by atoms with E-state index < -0.39 is 5.91 Å². The monoisotopic (exact) mass is 208 g/mol. The van der Waals surface area contributed by atoms with E-state index in [-0.39, 0.29) is 29.2 Å². The predicted molar refractivity (Wildman–Crippen MR) is 52.5 cm³/mol. The summed E-state index contributed by atoms with van der Waals surface area (Å²) in [6.07, 6.45) is 1.76. The number of nitrogens with one attached hydrogen (secondary N) is 1. The average Bonchev–Trinajstić information content (AvgIpc) is 2.58. The Labute approximate surface area is 86.9 Å². The van der Waals surface area contributed by atoms with Crippen LogP contribution in [-0.4, -0.2) is 34.1 Å². The van der Waals surface area contributed by atoms with E-state index in [1.54, 1.807) is 6.92 Å². The van der Waals surface area contributed by atoms with Crippen molar-refractivity contribution >= 4 is 18.0 Å². The Morgan fingerprint density at radius 1 is 1.53 bits per heavy atom. The number of rotatable bonds is 1. The standard InChI is InChI=1S/C10H12N2O3/c1-5-7-2-3-8(13)12(7)10(15)6(4-11)9(5)14/h4-5,7,11,14H,2-3H2,1H3. The van der Waals surface area contributed by atoms with Gasteiger partial charge in [-0.3, -0.25) is 14.5 Å². The van der Waals surface area contributed by atoms with Gasteiger partial charge in [0.2, 0.25) is 5.91 Å². The second kappa shape index (κ2) is 3.18. The quantitative estimate of drug-likeness (QED) is 0.489. The molecule has 0 spiro atoms. The highest BCUT2D eigenvalue weighted by atomic mass is 16.3. The molecule has 2 amide bonds. The lowest BCUT2D eigenvalue weighted by molar-refractivity contribution is -0.142. The molecule has 80 valence electrons. The molecule has 1 fully saturated rings. The van der Waals surface area contributed by atoms with Crippen molar-refractivity contribution in [1.29, 1.82) is 5.41 Å². The first-order valence-electron chi connectivity index (χ1n) is 4.88. The molecule has 0 aliphatic carbocycles. The Kier molecular flexibility index (Phi) is 2.10. The molecular weight excluding hydrogens is 196 g/mol. The van der Waals surface area contributed by atoms with Crippen LogP contribution < -0.4 is 0 Å². The van der Waals surface area contributed by atoms with Crippen molar-refractivity contribution in [2.45, 2.75) is 25.8 Å². The van der Waals surface area contributed by atoms with Gasteiger partial charge in [-0.15, -0.1) is 0 Å². The van der Waals surface area contributed by atoms with Gasteiger partial charge in [0, 0.05) is 18.6 Å². The lowest BCUT2D eigenvalue weighted by Crippen LogP contribution is -2.47. The van der Waals surface area contributed by atoms with Crippen LogP contribution in [0.1, 0.15) is 19.8 Å². The van der Waals surface area contributed by atoms with Crippen molar-refractivity contribution < 1.29 is 14.7 Å².